The molecule has 0 radical (unpaired) electrons. The zero-order valence-electron chi connectivity index (χ0n) is 11.7. The third-order valence-electron chi connectivity index (χ3n) is 3.45. The lowest BCUT2D eigenvalue weighted by Crippen LogP contribution is -2.13. The summed E-state index contributed by atoms with van der Waals surface area (Å²) in [6.07, 6.45) is -3.33. The number of aromatic nitrogens is 3. The number of pyridine rings is 1. The van der Waals surface area contributed by atoms with Gasteiger partial charge < -0.3 is 5.73 Å². The maximum atomic E-state index is 12.6. The van der Waals surface area contributed by atoms with Gasteiger partial charge in [-0.1, -0.05) is 12.1 Å². The van der Waals surface area contributed by atoms with Gasteiger partial charge in [0.25, 0.3) is 5.56 Å². The summed E-state index contributed by atoms with van der Waals surface area (Å²) in [7, 11) is 0. The number of hydrogen-bond donors (Lipinski definition) is 2. The van der Waals surface area contributed by atoms with Gasteiger partial charge in [0.1, 0.15) is 5.69 Å². The molecule has 0 saturated carbocycles. The quantitative estimate of drug-likeness (QED) is 0.759. The van der Waals surface area contributed by atoms with Crippen LogP contribution in [-0.2, 0) is 12.7 Å². The van der Waals surface area contributed by atoms with E-state index in [1.165, 1.54) is 6.07 Å². The van der Waals surface area contributed by atoms with Gasteiger partial charge in [-0.2, -0.15) is 18.3 Å². The Labute approximate surface area is 128 Å². The van der Waals surface area contributed by atoms with Crippen LogP contribution in [0.5, 0.6) is 0 Å². The minimum atomic E-state index is -4.48. The second kappa shape index (κ2) is 5.47. The summed E-state index contributed by atoms with van der Waals surface area (Å²) in [6, 6.07) is 7.15. The molecule has 118 valence electrons. The number of aromatic amines is 1. The minimum absolute atomic E-state index is 0.127. The average Bonchev–Trinajstić information content (AvgIpc) is 2.54. The molecule has 0 amide bonds. The molecule has 0 fully saturated rings. The number of benzene rings is 1. The predicted octanol–water partition coefficient (Wildman–Crippen LogP) is 2.46. The van der Waals surface area contributed by atoms with Gasteiger partial charge in [0.15, 0.2) is 0 Å². The monoisotopic (exact) mass is 320 g/mol. The van der Waals surface area contributed by atoms with E-state index in [0.29, 0.717) is 27.6 Å². The molecule has 3 N–H and O–H groups in total. The Morgan fingerprint density at radius 2 is 1.83 bits per heavy atom. The zero-order chi connectivity index (χ0) is 16.6. The SMILES string of the molecule is NCc1n[nH]c(=O)c2ccc(-c3ccc(C(F)(F)F)nc3)cc12. The second-order valence-electron chi connectivity index (χ2n) is 4.89. The van der Waals surface area contributed by atoms with Gasteiger partial charge in [-0.25, -0.2) is 5.10 Å². The molecule has 2 aromatic heterocycles. The van der Waals surface area contributed by atoms with E-state index in [2.05, 4.69) is 15.2 Å². The topological polar surface area (TPSA) is 84.7 Å². The van der Waals surface area contributed by atoms with Gasteiger partial charge in [0.2, 0.25) is 0 Å². The van der Waals surface area contributed by atoms with Crippen LogP contribution >= 0.6 is 0 Å². The summed E-state index contributed by atoms with van der Waals surface area (Å²) in [6.45, 7) is 0.127. The van der Waals surface area contributed by atoms with Crippen LogP contribution in [0, 0.1) is 0 Å². The molecule has 0 aliphatic heterocycles. The van der Waals surface area contributed by atoms with E-state index in [1.54, 1.807) is 18.2 Å². The van der Waals surface area contributed by atoms with E-state index in [4.69, 9.17) is 5.73 Å². The summed E-state index contributed by atoms with van der Waals surface area (Å²) >= 11 is 0. The van der Waals surface area contributed by atoms with Crippen LogP contribution in [0.3, 0.4) is 0 Å². The number of H-pyrrole nitrogens is 1. The number of nitrogens with one attached hydrogen (secondary N) is 1. The van der Waals surface area contributed by atoms with E-state index < -0.39 is 11.9 Å². The lowest BCUT2D eigenvalue weighted by molar-refractivity contribution is -0.141. The first kappa shape index (κ1) is 15.2. The highest BCUT2D eigenvalue weighted by atomic mass is 19.4. The first-order chi connectivity index (χ1) is 10.9. The minimum Gasteiger partial charge on any atom is -0.325 e. The van der Waals surface area contributed by atoms with E-state index in [1.807, 2.05) is 0 Å². The van der Waals surface area contributed by atoms with Crippen LogP contribution in [0.1, 0.15) is 11.4 Å². The molecule has 0 aliphatic rings. The maximum absolute atomic E-state index is 12.6. The van der Waals surface area contributed by atoms with E-state index in [-0.39, 0.29) is 12.1 Å². The van der Waals surface area contributed by atoms with Gasteiger partial charge in [-0.05, 0) is 23.8 Å². The van der Waals surface area contributed by atoms with Crippen LogP contribution < -0.4 is 11.3 Å². The number of alkyl halides is 3. The number of hydrogen-bond acceptors (Lipinski definition) is 4. The van der Waals surface area contributed by atoms with Crippen molar-refractivity contribution in [2.75, 3.05) is 0 Å². The molecule has 3 rings (SSSR count). The number of fused-ring (bicyclic) bond motifs is 1. The first-order valence-corrected chi connectivity index (χ1v) is 6.65. The number of nitrogens with zero attached hydrogens (tertiary/aromatic N) is 2. The highest BCUT2D eigenvalue weighted by molar-refractivity contribution is 5.88. The number of halogens is 3. The molecule has 0 aliphatic carbocycles. The summed E-state index contributed by atoms with van der Waals surface area (Å²) in [5.74, 6) is 0. The Hall–Kier alpha value is -2.74. The Morgan fingerprint density at radius 3 is 2.43 bits per heavy atom. The Morgan fingerprint density at radius 1 is 1.09 bits per heavy atom. The second-order valence-corrected chi connectivity index (χ2v) is 4.89. The molecule has 1 aromatic carbocycles. The van der Waals surface area contributed by atoms with Crippen molar-refractivity contribution in [1.82, 2.24) is 15.2 Å². The zero-order valence-corrected chi connectivity index (χ0v) is 11.7. The molecule has 0 spiro atoms. The normalized spacial score (nSPS) is 11.8. The van der Waals surface area contributed by atoms with E-state index >= 15 is 0 Å². The lowest BCUT2D eigenvalue weighted by Gasteiger charge is -2.08. The molecule has 0 saturated heterocycles. The van der Waals surface area contributed by atoms with Gasteiger partial charge in [-0.3, -0.25) is 9.78 Å². The highest BCUT2D eigenvalue weighted by Gasteiger charge is 2.32. The fourth-order valence-corrected chi connectivity index (χ4v) is 2.29. The lowest BCUT2D eigenvalue weighted by atomic mass is 10.0. The Kier molecular flexibility index (Phi) is 3.61. The van der Waals surface area contributed by atoms with Crippen molar-refractivity contribution < 1.29 is 13.2 Å². The standard InChI is InChI=1S/C15H11F3N4O/c16-15(17,18)13-4-2-9(7-20-13)8-1-3-10-11(5-8)12(6-19)21-22-14(10)23/h1-5,7H,6,19H2,(H,22,23). The highest BCUT2D eigenvalue weighted by Crippen LogP contribution is 2.29. The van der Waals surface area contributed by atoms with Crippen LogP contribution in [0.15, 0.2) is 41.3 Å². The number of nitrogens with two attached hydrogens (primary N) is 1. The summed E-state index contributed by atoms with van der Waals surface area (Å²) in [4.78, 5) is 15.2. The van der Waals surface area contributed by atoms with E-state index in [0.717, 1.165) is 12.3 Å². The van der Waals surface area contributed by atoms with Gasteiger partial charge in [0, 0.05) is 23.7 Å². The summed E-state index contributed by atoms with van der Waals surface area (Å²) in [5.41, 5.74) is 5.92. The third-order valence-corrected chi connectivity index (χ3v) is 3.45. The third kappa shape index (κ3) is 2.80. The fourth-order valence-electron chi connectivity index (χ4n) is 2.29. The molecule has 0 unspecified atom stereocenters. The van der Waals surface area contributed by atoms with Crippen molar-refractivity contribution >= 4 is 10.8 Å². The smallest absolute Gasteiger partial charge is 0.325 e. The molecular weight excluding hydrogens is 309 g/mol. The molecule has 3 aromatic rings. The predicted molar refractivity (Wildman–Crippen MR) is 78.5 cm³/mol. The summed E-state index contributed by atoms with van der Waals surface area (Å²) < 4.78 is 37.7. The Balaban J connectivity index is 2.12. The van der Waals surface area contributed by atoms with Gasteiger partial charge in [0.05, 0.1) is 11.1 Å². The number of rotatable bonds is 2. The van der Waals surface area contributed by atoms with Crippen molar-refractivity contribution in [1.29, 1.82) is 0 Å². The van der Waals surface area contributed by atoms with Crippen LogP contribution in [0.2, 0.25) is 0 Å². The van der Waals surface area contributed by atoms with Crippen LogP contribution in [0.25, 0.3) is 21.9 Å². The molecule has 0 atom stereocenters. The molecule has 23 heavy (non-hydrogen) atoms. The van der Waals surface area contributed by atoms with Gasteiger partial charge >= 0.3 is 6.18 Å². The molecular formula is C15H11F3N4O. The summed E-state index contributed by atoms with van der Waals surface area (Å²) in [5, 5.41) is 7.22. The van der Waals surface area contributed by atoms with E-state index in [9.17, 15) is 18.0 Å². The molecule has 8 heteroatoms. The van der Waals surface area contributed by atoms with Crippen molar-refractivity contribution in [2.24, 2.45) is 5.73 Å². The molecule has 5 nitrogen and oxygen atoms in total. The van der Waals surface area contributed by atoms with Crippen molar-refractivity contribution in [3.05, 3.63) is 58.3 Å². The largest absolute Gasteiger partial charge is 0.433 e. The van der Waals surface area contributed by atoms with Crippen LogP contribution in [0.4, 0.5) is 13.2 Å². The first-order valence-electron chi connectivity index (χ1n) is 6.65. The molecule has 0 bridgehead atoms. The van der Waals surface area contributed by atoms with Gasteiger partial charge in [-0.15, -0.1) is 0 Å². The average molecular weight is 320 g/mol. The molecule has 2 heterocycles. The van der Waals surface area contributed by atoms with Crippen molar-refractivity contribution in [3.8, 4) is 11.1 Å². The Bertz CT molecular complexity index is 917. The van der Waals surface area contributed by atoms with Crippen LogP contribution in [-0.4, -0.2) is 15.2 Å². The fraction of sp³-hybridized carbons (Fsp3) is 0.133. The maximum Gasteiger partial charge on any atom is 0.433 e. The van der Waals surface area contributed by atoms with Crippen molar-refractivity contribution in [2.45, 2.75) is 12.7 Å². The van der Waals surface area contributed by atoms with Crippen molar-refractivity contribution in [3.63, 3.8) is 0 Å².